The lowest BCUT2D eigenvalue weighted by Crippen LogP contribution is -2.59. The summed E-state index contributed by atoms with van der Waals surface area (Å²) in [5, 5.41) is 11.1. The van der Waals surface area contributed by atoms with E-state index >= 15 is 0 Å². The zero-order chi connectivity index (χ0) is 13.9. The average molecular weight is 263 g/mol. The Morgan fingerprint density at radius 1 is 1.32 bits per heavy atom. The Morgan fingerprint density at radius 2 is 2.00 bits per heavy atom. The molecule has 1 saturated heterocycles. The van der Waals surface area contributed by atoms with Gasteiger partial charge in [-0.15, -0.1) is 0 Å². The normalized spacial score (nSPS) is 22.7. The van der Waals surface area contributed by atoms with Crippen LogP contribution in [0.5, 0.6) is 0 Å². The lowest BCUT2D eigenvalue weighted by Gasteiger charge is -2.33. The average Bonchev–Trinajstić information content (AvgIpc) is 2.35. The van der Waals surface area contributed by atoms with Crippen LogP contribution in [0.25, 0.3) is 0 Å². The number of hydrogen-bond acceptors (Lipinski definition) is 4. The fraction of sp³-hybridized carbons (Fsp3) is 0.308. The van der Waals surface area contributed by atoms with Gasteiger partial charge in [0.1, 0.15) is 5.54 Å². The van der Waals surface area contributed by atoms with Gasteiger partial charge in [-0.1, -0.05) is 30.3 Å². The standard InChI is InChI=1S/C13H13NO5/c15-10-6-7-13(11(16)19-10,14-12(17)18)8-9-4-2-1-3-5-9/h1-5,14H,6-8H2,(H,17,18)/t13-/m1/s1. The van der Waals surface area contributed by atoms with E-state index in [0.717, 1.165) is 5.56 Å². The van der Waals surface area contributed by atoms with Gasteiger partial charge in [-0.2, -0.15) is 0 Å². The number of carbonyl (C=O) groups excluding carboxylic acids is 2. The first-order chi connectivity index (χ1) is 9.02. The third-order valence-corrected chi connectivity index (χ3v) is 3.05. The molecule has 0 saturated carbocycles. The minimum absolute atomic E-state index is 0.0128. The van der Waals surface area contributed by atoms with Gasteiger partial charge in [0, 0.05) is 12.8 Å². The SMILES string of the molecule is O=C(O)N[C@@]1(Cc2ccccc2)CCC(=O)OC1=O. The Labute approximate surface area is 109 Å². The van der Waals surface area contributed by atoms with Crippen LogP contribution < -0.4 is 5.32 Å². The summed E-state index contributed by atoms with van der Waals surface area (Å²) in [6.45, 7) is 0. The van der Waals surface area contributed by atoms with Crippen LogP contribution in [-0.2, 0) is 20.7 Å². The van der Waals surface area contributed by atoms with Crippen LogP contribution in [0.2, 0.25) is 0 Å². The lowest BCUT2D eigenvalue weighted by molar-refractivity contribution is -0.170. The maximum Gasteiger partial charge on any atom is 0.405 e. The van der Waals surface area contributed by atoms with Crippen molar-refractivity contribution in [2.45, 2.75) is 24.8 Å². The molecule has 6 nitrogen and oxygen atoms in total. The van der Waals surface area contributed by atoms with E-state index in [0.29, 0.717) is 0 Å². The fourth-order valence-corrected chi connectivity index (χ4v) is 2.14. The molecule has 1 amide bonds. The summed E-state index contributed by atoms with van der Waals surface area (Å²) >= 11 is 0. The minimum Gasteiger partial charge on any atom is -0.465 e. The second-order valence-electron chi connectivity index (χ2n) is 4.44. The molecule has 19 heavy (non-hydrogen) atoms. The van der Waals surface area contributed by atoms with Gasteiger partial charge in [0.25, 0.3) is 0 Å². The van der Waals surface area contributed by atoms with Crippen molar-refractivity contribution in [3.63, 3.8) is 0 Å². The number of ether oxygens (including phenoxy) is 1. The Balaban J connectivity index is 2.27. The predicted molar refractivity (Wildman–Crippen MR) is 64.4 cm³/mol. The largest absolute Gasteiger partial charge is 0.465 e. The van der Waals surface area contributed by atoms with E-state index in [1.165, 1.54) is 0 Å². The number of amides is 1. The highest BCUT2D eigenvalue weighted by molar-refractivity contribution is 5.96. The van der Waals surface area contributed by atoms with Gasteiger partial charge in [-0.3, -0.25) is 4.79 Å². The Kier molecular flexibility index (Phi) is 3.50. The summed E-state index contributed by atoms with van der Waals surface area (Å²) in [5.74, 6) is -1.46. The number of hydrogen-bond donors (Lipinski definition) is 2. The smallest absolute Gasteiger partial charge is 0.405 e. The zero-order valence-electron chi connectivity index (χ0n) is 10.1. The number of cyclic esters (lactones) is 2. The first kappa shape index (κ1) is 13.1. The Morgan fingerprint density at radius 3 is 2.58 bits per heavy atom. The van der Waals surface area contributed by atoms with Gasteiger partial charge in [0.05, 0.1) is 0 Å². The molecule has 0 spiro atoms. The number of esters is 2. The highest BCUT2D eigenvalue weighted by atomic mass is 16.6. The summed E-state index contributed by atoms with van der Waals surface area (Å²) in [6.07, 6.45) is -1.04. The molecular weight excluding hydrogens is 250 g/mol. The Hall–Kier alpha value is -2.37. The minimum atomic E-state index is -1.39. The van der Waals surface area contributed by atoms with E-state index in [1.54, 1.807) is 24.3 Å². The molecule has 2 rings (SSSR count). The number of rotatable bonds is 3. The molecule has 1 aliphatic rings. The van der Waals surface area contributed by atoms with Crippen molar-refractivity contribution in [3.8, 4) is 0 Å². The van der Waals surface area contributed by atoms with Crippen molar-refractivity contribution < 1.29 is 24.2 Å². The molecule has 0 bridgehead atoms. The molecule has 6 heteroatoms. The zero-order valence-corrected chi connectivity index (χ0v) is 10.1. The molecule has 0 aliphatic carbocycles. The third kappa shape index (κ3) is 2.90. The van der Waals surface area contributed by atoms with E-state index in [1.807, 2.05) is 6.07 Å². The van der Waals surface area contributed by atoms with Crippen LogP contribution in [0.15, 0.2) is 30.3 Å². The molecule has 0 radical (unpaired) electrons. The van der Waals surface area contributed by atoms with E-state index in [4.69, 9.17) is 5.11 Å². The number of nitrogens with one attached hydrogen (secondary N) is 1. The van der Waals surface area contributed by atoms with Gasteiger partial charge >= 0.3 is 18.0 Å². The van der Waals surface area contributed by atoms with Gasteiger partial charge in [-0.25, -0.2) is 9.59 Å². The molecule has 0 aromatic heterocycles. The molecule has 1 fully saturated rings. The van der Waals surface area contributed by atoms with E-state index in [9.17, 15) is 14.4 Å². The molecule has 1 aliphatic heterocycles. The summed E-state index contributed by atoms with van der Waals surface area (Å²) in [4.78, 5) is 33.9. The van der Waals surface area contributed by atoms with Crippen molar-refractivity contribution >= 4 is 18.0 Å². The number of carboxylic acid groups (broad SMARTS) is 1. The van der Waals surface area contributed by atoms with Crippen molar-refractivity contribution in [1.29, 1.82) is 0 Å². The summed E-state index contributed by atoms with van der Waals surface area (Å²) in [7, 11) is 0. The molecule has 1 atom stereocenters. The predicted octanol–water partition coefficient (Wildman–Crippen LogP) is 1.10. The van der Waals surface area contributed by atoms with Crippen LogP contribution in [-0.4, -0.2) is 28.7 Å². The molecule has 100 valence electrons. The van der Waals surface area contributed by atoms with Gasteiger partial charge in [0.15, 0.2) is 0 Å². The summed E-state index contributed by atoms with van der Waals surface area (Å²) in [5.41, 5.74) is -0.594. The second-order valence-corrected chi connectivity index (χ2v) is 4.44. The van der Waals surface area contributed by atoms with Gasteiger partial charge in [-0.05, 0) is 12.0 Å². The van der Waals surface area contributed by atoms with Crippen molar-refractivity contribution in [2.24, 2.45) is 0 Å². The van der Waals surface area contributed by atoms with E-state index < -0.39 is 23.6 Å². The van der Waals surface area contributed by atoms with Crippen LogP contribution in [0.3, 0.4) is 0 Å². The Bertz CT molecular complexity index is 513. The maximum absolute atomic E-state index is 11.9. The molecule has 2 N–H and O–H groups in total. The monoisotopic (exact) mass is 263 g/mol. The van der Waals surface area contributed by atoms with Gasteiger partial charge < -0.3 is 15.2 Å². The third-order valence-electron chi connectivity index (χ3n) is 3.05. The van der Waals surface area contributed by atoms with E-state index in [2.05, 4.69) is 10.1 Å². The number of carbonyl (C=O) groups is 3. The molecule has 1 heterocycles. The fourth-order valence-electron chi connectivity index (χ4n) is 2.14. The van der Waals surface area contributed by atoms with Crippen molar-refractivity contribution in [3.05, 3.63) is 35.9 Å². The first-order valence-electron chi connectivity index (χ1n) is 5.82. The van der Waals surface area contributed by atoms with Crippen LogP contribution in [0, 0.1) is 0 Å². The van der Waals surface area contributed by atoms with Crippen LogP contribution in [0.1, 0.15) is 18.4 Å². The van der Waals surface area contributed by atoms with Crippen LogP contribution in [0.4, 0.5) is 4.79 Å². The maximum atomic E-state index is 11.9. The summed E-state index contributed by atoms with van der Waals surface area (Å²) < 4.78 is 4.57. The quantitative estimate of drug-likeness (QED) is 0.629. The first-order valence-corrected chi connectivity index (χ1v) is 5.82. The second kappa shape index (κ2) is 5.09. The molecule has 0 unspecified atom stereocenters. The number of benzene rings is 1. The highest BCUT2D eigenvalue weighted by Gasteiger charge is 2.46. The summed E-state index contributed by atoms with van der Waals surface area (Å²) in [6, 6.07) is 8.99. The molecule has 1 aromatic carbocycles. The van der Waals surface area contributed by atoms with Crippen molar-refractivity contribution in [1.82, 2.24) is 5.32 Å². The lowest BCUT2D eigenvalue weighted by atomic mass is 9.85. The topological polar surface area (TPSA) is 92.7 Å². The van der Waals surface area contributed by atoms with E-state index in [-0.39, 0.29) is 19.3 Å². The van der Waals surface area contributed by atoms with Gasteiger partial charge in [0.2, 0.25) is 0 Å². The highest BCUT2D eigenvalue weighted by Crippen LogP contribution is 2.26. The molecular formula is C13H13NO5. The van der Waals surface area contributed by atoms with Crippen molar-refractivity contribution in [2.75, 3.05) is 0 Å². The van der Waals surface area contributed by atoms with Crippen LogP contribution >= 0.6 is 0 Å². The molecule has 1 aromatic rings.